The first-order valence-corrected chi connectivity index (χ1v) is 7.32. The fourth-order valence-electron chi connectivity index (χ4n) is 3.53. The molecule has 2 aliphatic rings. The van der Waals surface area contributed by atoms with Gasteiger partial charge in [-0.3, -0.25) is 9.80 Å². The van der Waals surface area contributed by atoms with Crippen LogP contribution in [0.5, 0.6) is 0 Å². The van der Waals surface area contributed by atoms with Crippen LogP contribution < -0.4 is 0 Å². The van der Waals surface area contributed by atoms with Gasteiger partial charge in [-0.25, -0.2) is 0 Å². The van der Waals surface area contributed by atoms with Crippen LogP contribution in [-0.2, 0) is 6.54 Å². The standard InChI is InChI=1S/C16H20N2O/c1-2-6-16-13(4-1)10-15(19-16)12-17-8-9-18-7-3-5-14(18)11-17/h1-2,4,6,10,14H,3,5,7-9,11-12H2/t14-/m0/s1. The van der Waals surface area contributed by atoms with Crippen molar-refractivity contribution < 1.29 is 4.42 Å². The lowest BCUT2D eigenvalue weighted by molar-refractivity contribution is 0.0945. The molecule has 0 bridgehead atoms. The average Bonchev–Trinajstić information content (AvgIpc) is 3.03. The van der Waals surface area contributed by atoms with Crippen molar-refractivity contribution in [3.63, 3.8) is 0 Å². The second kappa shape index (κ2) is 4.66. The van der Waals surface area contributed by atoms with Gasteiger partial charge in [0, 0.05) is 31.1 Å². The number of para-hydroxylation sites is 1. The molecular formula is C16H20N2O. The number of benzene rings is 1. The summed E-state index contributed by atoms with van der Waals surface area (Å²) in [6, 6.07) is 11.3. The molecule has 2 saturated heterocycles. The van der Waals surface area contributed by atoms with Gasteiger partial charge in [0.1, 0.15) is 11.3 Å². The van der Waals surface area contributed by atoms with Crippen LogP contribution in [0, 0.1) is 0 Å². The minimum atomic E-state index is 0.790. The van der Waals surface area contributed by atoms with Crippen molar-refractivity contribution >= 4 is 11.0 Å². The highest BCUT2D eigenvalue weighted by atomic mass is 16.3. The van der Waals surface area contributed by atoms with Gasteiger partial charge in [0.2, 0.25) is 0 Å². The Bertz CT molecular complexity index is 544. The molecule has 0 radical (unpaired) electrons. The summed E-state index contributed by atoms with van der Waals surface area (Å²) in [5.74, 6) is 1.10. The first kappa shape index (κ1) is 11.5. The van der Waals surface area contributed by atoms with Crippen LogP contribution in [0.25, 0.3) is 11.0 Å². The predicted molar refractivity (Wildman–Crippen MR) is 76.1 cm³/mol. The van der Waals surface area contributed by atoms with Gasteiger partial charge in [-0.15, -0.1) is 0 Å². The first-order chi connectivity index (χ1) is 9.38. The molecule has 0 saturated carbocycles. The Morgan fingerprint density at radius 1 is 1.16 bits per heavy atom. The van der Waals surface area contributed by atoms with Crippen LogP contribution in [0.2, 0.25) is 0 Å². The normalized spacial score (nSPS) is 24.9. The third-order valence-electron chi connectivity index (χ3n) is 4.53. The van der Waals surface area contributed by atoms with Gasteiger partial charge in [-0.1, -0.05) is 18.2 Å². The Hall–Kier alpha value is -1.32. The van der Waals surface area contributed by atoms with Gasteiger partial charge in [-0.2, -0.15) is 0 Å². The SMILES string of the molecule is c1ccc2oc(CN3CCN4CCC[C@H]4C3)cc2c1. The maximum absolute atomic E-state index is 5.93. The Balaban J connectivity index is 1.48. The van der Waals surface area contributed by atoms with Gasteiger partial charge < -0.3 is 4.42 Å². The van der Waals surface area contributed by atoms with E-state index in [1.165, 1.54) is 44.4 Å². The number of hydrogen-bond acceptors (Lipinski definition) is 3. The van der Waals surface area contributed by atoms with Crippen LogP contribution in [-0.4, -0.2) is 42.0 Å². The first-order valence-electron chi connectivity index (χ1n) is 7.32. The molecule has 4 rings (SSSR count). The fourth-order valence-corrected chi connectivity index (χ4v) is 3.53. The smallest absolute Gasteiger partial charge is 0.134 e. The van der Waals surface area contributed by atoms with Crippen LogP contribution in [0.15, 0.2) is 34.7 Å². The van der Waals surface area contributed by atoms with Gasteiger partial charge in [0.05, 0.1) is 6.54 Å². The van der Waals surface area contributed by atoms with Crippen molar-refractivity contribution in [1.82, 2.24) is 9.80 Å². The van der Waals surface area contributed by atoms with Gasteiger partial charge in [0.25, 0.3) is 0 Å². The van der Waals surface area contributed by atoms with E-state index >= 15 is 0 Å². The summed E-state index contributed by atoms with van der Waals surface area (Å²) in [6.45, 7) is 5.87. The molecule has 3 heterocycles. The number of furan rings is 1. The number of fused-ring (bicyclic) bond motifs is 2. The monoisotopic (exact) mass is 256 g/mol. The van der Waals surface area contributed by atoms with Crippen LogP contribution >= 0.6 is 0 Å². The predicted octanol–water partition coefficient (Wildman–Crippen LogP) is 2.71. The van der Waals surface area contributed by atoms with Gasteiger partial charge >= 0.3 is 0 Å². The maximum atomic E-state index is 5.93. The van der Waals surface area contributed by atoms with Gasteiger partial charge in [-0.05, 0) is 31.5 Å². The summed E-state index contributed by atoms with van der Waals surface area (Å²) in [7, 11) is 0. The third kappa shape index (κ3) is 2.17. The number of nitrogens with zero attached hydrogens (tertiary/aromatic N) is 2. The quantitative estimate of drug-likeness (QED) is 0.823. The number of hydrogen-bond donors (Lipinski definition) is 0. The van der Waals surface area contributed by atoms with E-state index in [0.29, 0.717) is 0 Å². The molecule has 2 aromatic rings. The van der Waals surface area contributed by atoms with E-state index in [-0.39, 0.29) is 0 Å². The highest BCUT2D eigenvalue weighted by Gasteiger charge is 2.30. The molecule has 3 nitrogen and oxygen atoms in total. The molecular weight excluding hydrogens is 236 g/mol. The lowest BCUT2D eigenvalue weighted by Gasteiger charge is -2.37. The molecule has 3 heteroatoms. The zero-order chi connectivity index (χ0) is 12.7. The summed E-state index contributed by atoms with van der Waals surface area (Å²) in [4.78, 5) is 5.19. The van der Waals surface area contributed by atoms with Crippen molar-refractivity contribution in [2.45, 2.75) is 25.4 Å². The Morgan fingerprint density at radius 2 is 2.11 bits per heavy atom. The van der Waals surface area contributed by atoms with Crippen molar-refractivity contribution in [3.05, 3.63) is 36.1 Å². The summed E-state index contributed by atoms with van der Waals surface area (Å²) >= 11 is 0. The second-order valence-corrected chi connectivity index (χ2v) is 5.82. The molecule has 19 heavy (non-hydrogen) atoms. The molecule has 1 aromatic heterocycles. The lowest BCUT2D eigenvalue weighted by atomic mass is 10.1. The number of rotatable bonds is 2. The van der Waals surface area contributed by atoms with Crippen LogP contribution in [0.3, 0.4) is 0 Å². The van der Waals surface area contributed by atoms with E-state index in [0.717, 1.165) is 23.9 Å². The highest BCUT2D eigenvalue weighted by molar-refractivity contribution is 5.77. The van der Waals surface area contributed by atoms with Crippen LogP contribution in [0.1, 0.15) is 18.6 Å². The Labute approximate surface area is 113 Å². The average molecular weight is 256 g/mol. The molecule has 2 fully saturated rings. The molecule has 1 atom stereocenters. The molecule has 0 spiro atoms. The highest BCUT2D eigenvalue weighted by Crippen LogP contribution is 2.24. The van der Waals surface area contributed by atoms with Crippen LogP contribution in [0.4, 0.5) is 0 Å². The lowest BCUT2D eigenvalue weighted by Crippen LogP contribution is -2.49. The summed E-state index contributed by atoms with van der Waals surface area (Å²) in [6.07, 6.45) is 2.75. The summed E-state index contributed by atoms with van der Waals surface area (Å²) < 4.78 is 5.93. The van der Waals surface area contributed by atoms with E-state index in [9.17, 15) is 0 Å². The second-order valence-electron chi connectivity index (χ2n) is 5.82. The topological polar surface area (TPSA) is 19.6 Å². The van der Waals surface area contributed by atoms with E-state index in [2.05, 4.69) is 28.0 Å². The van der Waals surface area contributed by atoms with Crippen molar-refractivity contribution in [3.8, 4) is 0 Å². The van der Waals surface area contributed by atoms with Crippen molar-refractivity contribution in [2.75, 3.05) is 26.2 Å². The van der Waals surface area contributed by atoms with E-state index in [4.69, 9.17) is 4.42 Å². The molecule has 0 aliphatic carbocycles. The Kier molecular flexibility index (Phi) is 2.82. The largest absolute Gasteiger partial charge is 0.460 e. The molecule has 0 unspecified atom stereocenters. The zero-order valence-corrected chi connectivity index (χ0v) is 11.2. The van der Waals surface area contributed by atoms with Crippen molar-refractivity contribution in [2.24, 2.45) is 0 Å². The molecule has 0 N–H and O–H groups in total. The minimum absolute atomic E-state index is 0.790. The molecule has 1 aromatic carbocycles. The van der Waals surface area contributed by atoms with E-state index in [1.807, 2.05) is 12.1 Å². The summed E-state index contributed by atoms with van der Waals surface area (Å²) in [5.41, 5.74) is 1.01. The Morgan fingerprint density at radius 3 is 3.05 bits per heavy atom. The maximum Gasteiger partial charge on any atom is 0.134 e. The molecule has 0 amide bonds. The summed E-state index contributed by atoms with van der Waals surface area (Å²) in [5, 5.41) is 1.22. The van der Waals surface area contributed by atoms with Gasteiger partial charge in [0.15, 0.2) is 0 Å². The third-order valence-corrected chi connectivity index (χ3v) is 4.53. The van der Waals surface area contributed by atoms with Crippen molar-refractivity contribution in [1.29, 1.82) is 0 Å². The fraction of sp³-hybridized carbons (Fsp3) is 0.500. The van der Waals surface area contributed by atoms with E-state index in [1.54, 1.807) is 0 Å². The minimum Gasteiger partial charge on any atom is -0.460 e. The zero-order valence-electron chi connectivity index (χ0n) is 11.2. The molecule has 2 aliphatic heterocycles. The number of piperazine rings is 1. The van der Waals surface area contributed by atoms with E-state index < -0.39 is 0 Å². The molecule has 100 valence electrons.